The molecule has 0 aliphatic heterocycles. The van der Waals surface area contributed by atoms with Crippen LogP contribution in [0.5, 0.6) is 0 Å². The monoisotopic (exact) mass is 288 g/mol. The van der Waals surface area contributed by atoms with Gasteiger partial charge >= 0.3 is 0 Å². The molecule has 0 spiro atoms. The highest BCUT2D eigenvalue weighted by atomic mass is 16.3. The highest BCUT2D eigenvalue weighted by Crippen LogP contribution is 2.63. The highest BCUT2D eigenvalue weighted by Gasteiger charge is 2.58. The molecule has 1 N–H and O–H groups in total. The normalized spacial score (nSPS) is 52.7. The van der Waals surface area contributed by atoms with Crippen molar-refractivity contribution in [3.8, 4) is 0 Å². The van der Waals surface area contributed by atoms with Crippen LogP contribution in [0.4, 0.5) is 0 Å². The molecule has 0 radical (unpaired) electrons. The minimum absolute atomic E-state index is 0.0168. The molecule has 0 heterocycles. The van der Waals surface area contributed by atoms with Crippen molar-refractivity contribution in [2.24, 2.45) is 28.6 Å². The summed E-state index contributed by atoms with van der Waals surface area (Å²) in [6.45, 7) is 4.69. The van der Waals surface area contributed by atoms with Gasteiger partial charge in [0.15, 0.2) is 0 Å². The third kappa shape index (κ3) is 1.78. The lowest BCUT2D eigenvalue weighted by Gasteiger charge is -2.56. The molecule has 0 amide bonds. The summed E-state index contributed by atoms with van der Waals surface area (Å²) in [4.78, 5) is 12.4. The summed E-state index contributed by atoms with van der Waals surface area (Å²) in [6, 6.07) is 0. The predicted molar refractivity (Wildman–Crippen MR) is 82.7 cm³/mol. The van der Waals surface area contributed by atoms with Crippen molar-refractivity contribution in [1.82, 2.24) is 0 Å². The SMILES string of the molecule is C[C@]12CC[C@@H](O)CC1=CC[C@H]1[C@H]2CC[C@@]2(C)C(=O)CC[C@@H]12. The molecule has 3 fully saturated rings. The van der Waals surface area contributed by atoms with Crippen molar-refractivity contribution in [3.05, 3.63) is 11.6 Å². The Labute approximate surface area is 128 Å². The third-order valence-corrected chi connectivity index (χ3v) is 7.79. The summed E-state index contributed by atoms with van der Waals surface area (Å²) >= 11 is 0. The number of Topliss-reactive ketones (excluding diaryl/α,β-unsaturated/α-hetero) is 1. The van der Waals surface area contributed by atoms with Crippen LogP contribution in [0.25, 0.3) is 0 Å². The van der Waals surface area contributed by atoms with Crippen LogP contribution in [0.2, 0.25) is 0 Å². The van der Waals surface area contributed by atoms with Crippen LogP contribution in [0, 0.1) is 28.6 Å². The van der Waals surface area contributed by atoms with E-state index in [1.807, 2.05) is 0 Å². The maximum absolute atomic E-state index is 12.4. The molecule has 0 saturated heterocycles. The summed E-state index contributed by atoms with van der Waals surface area (Å²) in [5.41, 5.74) is 1.81. The second kappa shape index (κ2) is 4.44. The molecule has 4 rings (SSSR count). The van der Waals surface area contributed by atoms with Crippen LogP contribution in [0.1, 0.15) is 65.2 Å². The van der Waals surface area contributed by atoms with Gasteiger partial charge in [0.25, 0.3) is 0 Å². The van der Waals surface area contributed by atoms with E-state index in [9.17, 15) is 9.90 Å². The predicted octanol–water partition coefficient (Wildman–Crippen LogP) is 3.88. The van der Waals surface area contributed by atoms with E-state index in [-0.39, 0.29) is 11.5 Å². The molecule has 4 aliphatic rings. The fourth-order valence-electron chi connectivity index (χ4n) is 6.41. The van der Waals surface area contributed by atoms with Crippen molar-refractivity contribution in [2.45, 2.75) is 71.3 Å². The molecule has 3 saturated carbocycles. The minimum Gasteiger partial charge on any atom is -0.393 e. The number of carbonyl (C=O) groups is 1. The number of aliphatic hydroxyl groups excluding tert-OH is 1. The van der Waals surface area contributed by atoms with E-state index in [1.165, 1.54) is 12.0 Å². The Hall–Kier alpha value is -0.630. The molecule has 2 nitrogen and oxygen atoms in total. The van der Waals surface area contributed by atoms with Gasteiger partial charge in [-0.05, 0) is 68.1 Å². The van der Waals surface area contributed by atoms with Crippen LogP contribution < -0.4 is 0 Å². The Bertz CT molecular complexity index is 508. The van der Waals surface area contributed by atoms with Crippen molar-refractivity contribution in [2.75, 3.05) is 0 Å². The number of allylic oxidation sites excluding steroid dienone is 1. The topological polar surface area (TPSA) is 37.3 Å². The van der Waals surface area contributed by atoms with Crippen LogP contribution in [-0.4, -0.2) is 17.0 Å². The number of rotatable bonds is 0. The molecule has 6 atom stereocenters. The Balaban J connectivity index is 1.69. The number of ketones is 1. The number of carbonyl (C=O) groups excluding carboxylic acids is 1. The molecule has 0 aromatic carbocycles. The number of hydrogen-bond donors (Lipinski definition) is 1. The lowest BCUT2D eigenvalue weighted by molar-refractivity contribution is -0.132. The molecule has 0 bridgehead atoms. The quantitative estimate of drug-likeness (QED) is 0.687. The van der Waals surface area contributed by atoms with Gasteiger partial charge in [-0.1, -0.05) is 25.5 Å². The van der Waals surface area contributed by atoms with E-state index in [0.717, 1.165) is 50.9 Å². The first-order valence-corrected chi connectivity index (χ1v) is 8.86. The number of hydrogen-bond acceptors (Lipinski definition) is 2. The Morgan fingerprint density at radius 1 is 1.10 bits per heavy atom. The van der Waals surface area contributed by atoms with Crippen LogP contribution in [-0.2, 0) is 4.79 Å². The zero-order valence-corrected chi connectivity index (χ0v) is 13.4. The molecule has 116 valence electrons. The molecule has 0 aromatic heterocycles. The lowest BCUT2D eigenvalue weighted by atomic mass is 9.48. The van der Waals surface area contributed by atoms with Gasteiger partial charge in [0.05, 0.1) is 6.10 Å². The van der Waals surface area contributed by atoms with Crippen LogP contribution in [0.3, 0.4) is 0 Å². The van der Waals surface area contributed by atoms with E-state index < -0.39 is 0 Å². The second-order valence-electron chi connectivity index (χ2n) is 8.57. The molecular weight excluding hydrogens is 260 g/mol. The highest BCUT2D eigenvalue weighted by molar-refractivity contribution is 5.87. The van der Waals surface area contributed by atoms with E-state index in [4.69, 9.17) is 0 Å². The van der Waals surface area contributed by atoms with Gasteiger partial charge in [0, 0.05) is 11.8 Å². The van der Waals surface area contributed by atoms with Gasteiger partial charge < -0.3 is 5.11 Å². The first kappa shape index (κ1) is 14.0. The average Bonchev–Trinajstić information content (AvgIpc) is 2.76. The largest absolute Gasteiger partial charge is 0.393 e. The zero-order valence-electron chi connectivity index (χ0n) is 13.4. The zero-order chi connectivity index (χ0) is 14.8. The van der Waals surface area contributed by atoms with Gasteiger partial charge in [-0.3, -0.25) is 4.79 Å². The van der Waals surface area contributed by atoms with Gasteiger partial charge in [-0.25, -0.2) is 0 Å². The summed E-state index contributed by atoms with van der Waals surface area (Å²) in [7, 11) is 0. The van der Waals surface area contributed by atoms with Gasteiger partial charge in [-0.2, -0.15) is 0 Å². The van der Waals surface area contributed by atoms with Crippen molar-refractivity contribution in [3.63, 3.8) is 0 Å². The molecule has 2 heteroatoms. The van der Waals surface area contributed by atoms with Gasteiger partial charge in [0.1, 0.15) is 5.78 Å². The van der Waals surface area contributed by atoms with Gasteiger partial charge in [0.2, 0.25) is 0 Å². The second-order valence-corrected chi connectivity index (χ2v) is 8.57. The van der Waals surface area contributed by atoms with E-state index in [0.29, 0.717) is 23.0 Å². The Morgan fingerprint density at radius 3 is 2.62 bits per heavy atom. The summed E-state index contributed by atoms with van der Waals surface area (Å²) in [6.07, 6.45) is 10.7. The van der Waals surface area contributed by atoms with E-state index in [2.05, 4.69) is 19.9 Å². The lowest BCUT2D eigenvalue weighted by Crippen LogP contribution is -2.50. The molecule has 4 aliphatic carbocycles. The molecule has 0 unspecified atom stereocenters. The molecule has 21 heavy (non-hydrogen) atoms. The maximum Gasteiger partial charge on any atom is 0.139 e. The maximum atomic E-state index is 12.4. The Kier molecular flexibility index (Phi) is 2.96. The number of aliphatic hydroxyl groups is 1. The Morgan fingerprint density at radius 2 is 1.81 bits per heavy atom. The first-order chi connectivity index (χ1) is 9.95. The summed E-state index contributed by atoms with van der Waals surface area (Å²) in [5.74, 6) is 2.60. The summed E-state index contributed by atoms with van der Waals surface area (Å²) < 4.78 is 0. The number of fused-ring (bicyclic) bond motifs is 5. The fraction of sp³-hybridized carbons (Fsp3) is 0.842. The van der Waals surface area contributed by atoms with E-state index >= 15 is 0 Å². The van der Waals surface area contributed by atoms with E-state index in [1.54, 1.807) is 0 Å². The van der Waals surface area contributed by atoms with Crippen molar-refractivity contribution < 1.29 is 9.90 Å². The van der Waals surface area contributed by atoms with Crippen molar-refractivity contribution in [1.29, 1.82) is 0 Å². The van der Waals surface area contributed by atoms with Gasteiger partial charge in [-0.15, -0.1) is 0 Å². The standard InChI is InChI=1S/C19H28O2/c1-18-9-7-13(20)11-12(18)3-4-14-15-5-6-17(21)19(15,2)10-8-16(14)18/h3,13-16,20H,4-11H2,1-2H3/t13-,14-,15+,16-,18+,19-/m1/s1. The fourth-order valence-corrected chi connectivity index (χ4v) is 6.41. The molecular formula is C19H28O2. The smallest absolute Gasteiger partial charge is 0.139 e. The van der Waals surface area contributed by atoms with Crippen molar-refractivity contribution >= 4 is 5.78 Å². The summed E-state index contributed by atoms with van der Waals surface area (Å²) in [5, 5.41) is 10.00. The van der Waals surface area contributed by atoms with Crippen LogP contribution in [0.15, 0.2) is 11.6 Å². The third-order valence-electron chi connectivity index (χ3n) is 7.79. The van der Waals surface area contributed by atoms with Crippen LogP contribution >= 0.6 is 0 Å². The minimum atomic E-state index is -0.122. The first-order valence-electron chi connectivity index (χ1n) is 8.86. The average molecular weight is 288 g/mol. The molecule has 0 aromatic rings.